The van der Waals surface area contributed by atoms with Gasteiger partial charge in [0.15, 0.2) is 5.13 Å². The molecule has 1 aliphatic rings. The number of halogens is 3. The molecule has 124 valence electrons. The normalized spacial score (nSPS) is 16.5. The van der Waals surface area contributed by atoms with E-state index in [-0.39, 0.29) is 17.6 Å². The maximum Gasteiger partial charge on any atom is 0.573 e. The molecule has 3 rings (SSSR count). The molecule has 1 aromatic carbocycles. The Bertz CT molecular complexity index is 711. The minimum Gasteiger partial charge on any atom is -0.406 e. The number of hydrogen-bond acceptors (Lipinski definition) is 5. The summed E-state index contributed by atoms with van der Waals surface area (Å²) in [5.41, 5.74) is 0.506. The third-order valence-corrected chi connectivity index (χ3v) is 4.35. The molecule has 0 saturated carbocycles. The lowest BCUT2D eigenvalue weighted by atomic mass is 10.00. The van der Waals surface area contributed by atoms with Gasteiger partial charge in [-0.1, -0.05) is 11.3 Å². The van der Waals surface area contributed by atoms with E-state index in [9.17, 15) is 18.0 Å². The van der Waals surface area contributed by atoms with Crippen LogP contribution in [-0.2, 0) is 9.53 Å². The number of carbonyl (C=O) groups excluding carboxylic acids is 1. The van der Waals surface area contributed by atoms with Crippen molar-refractivity contribution in [2.75, 3.05) is 18.5 Å². The highest BCUT2D eigenvalue weighted by molar-refractivity contribution is 7.22. The van der Waals surface area contributed by atoms with Crippen molar-refractivity contribution in [3.8, 4) is 5.75 Å². The van der Waals surface area contributed by atoms with Crippen molar-refractivity contribution in [1.82, 2.24) is 4.98 Å². The molecule has 0 atom stereocenters. The van der Waals surface area contributed by atoms with Crippen molar-refractivity contribution in [3.05, 3.63) is 18.2 Å². The summed E-state index contributed by atoms with van der Waals surface area (Å²) in [6.45, 7) is 1.10. The maximum atomic E-state index is 12.2. The number of aromatic nitrogens is 1. The molecule has 2 aromatic rings. The zero-order valence-electron chi connectivity index (χ0n) is 11.9. The smallest absolute Gasteiger partial charge is 0.406 e. The summed E-state index contributed by atoms with van der Waals surface area (Å²) in [6.07, 6.45) is -3.43. The van der Waals surface area contributed by atoms with Crippen LogP contribution in [0.3, 0.4) is 0 Å². The van der Waals surface area contributed by atoms with Crippen LogP contribution in [0.1, 0.15) is 12.8 Å². The van der Waals surface area contributed by atoms with Gasteiger partial charge in [0.1, 0.15) is 5.75 Å². The third-order valence-electron chi connectivity index (χ3n) is 3.42. The van der Waals surface area contributed by atoms with Crippen LogP contribution in [0.25, 0.3) is 10.2 Å². The highest BCUT2D eigenvalue weighted by Crippen LogP contribution is 2.32. The molecule has 9 heteroatoms. The van der Waals surface area contributed by atoms with E-state index in [0.717, 1.165) is 11.3 Å². The van der Waals surface area contributed by atoms with Crippen molar-refractivity contribution < 1.29 is 27.4 Å². The van der Waals surface area contributed by atoms with E-state index in [2.05, 4.69) is 15.0 Å². The van der Waals surface area contributed by atoms with E-state index in [1.165, 1.54) is 18.2 Å². The fraction of sp³-hybridized carbons (Fsp3) is 0.429. The predicted octanol–water partition coefficient (Wildman–Crippen LogP) is 3.56. The van der Waals surface area contributed by atoms with E-state index in [1.807, 2.05) is 0 Å². The lowest BCUT2D eigenvalue weighted by Crippen LogP contribution is -2.28. The second-order valence-corrected chi connectivity index (χ2v) is 6.10. The molecular weight excluding hydrogens is 333 g/mol. The number of benzene rings is 1. The average Bonchev–Trinajstić information content (AvgIpc) is 2.88. The lowest BCUT2D eigenvalue weighted by molar-refractivity contribution is -0.274. The van der Waals surface area contributed by atoms with Gasteiger partial charge in [-0.2, -0.15) is 0 Å². The summed E-state index contributed by atoms with van der Waals surface area (Å²) in [6, 6.07) is 3.88. The van der Waals surface area contributed by atoms with Gasteiger partial charge >= 0.3 is 6.36 Å². The number of nitrogens with zero attached hydrogens (tertiary/aromatic N) is 1. The van der Waals surface area contributed by atoms with E-state index in [4.69, 9.17) is 4.74 Å². The molecule has 0 spiro atoms. The molecule has 0 radical (unpaired) electrons. The summed E-state index contributed by atoms with van der Waals surface area (Å²) < 4.78 is 46.3. The second kappa shape index (κ2) is 6.32. The number of thiazole rings is 1. The first-order valence-electron chi connectivity index (χ1n) is 6.96. The molecule has 1 N–H and O–H groups in total. The molecule has 1 amide bonds. The molecule has 23 heavy (non-hydrogen) atoms. The SMILES string of the molecule is O=C(Nc1nc2ccc(OC(F)(F)F)cc2s1)C1CCOCC1. The number of amides is 1. The Morgan fingerprint density at radius 1 is 1.35 bits per heavy atom. The fourth-order valence-electron chi connectivity index (χ4n) is 2.32. The summed E-state index contributed by atoms with van der Waals surface area (Å²) in [4.78, 5) is 16.3. The Kier molecular flexibility index (Phi) is 4.40. The Morgan fingerprint density at radius 3 is 2.78 bits per heavy atom. The third kappa shape index (κ3) is 4.11. The van der Waals surface area contributed by atoms with Crippen molar-refractivity contribution in [3.63, 3.8) is 0 Å². The molecule has 1 saturated heterocycles. The van der Waals surface area contributed by atoms with Crippen molar-refractivity contribution in [2.45, 2.75) is 19.2 Å². The van der Waals surface area contributed by atoms with Gasteiger partial charge in [-0.25, -0.2) is 4.98 Å². The Hall–Kier alpha value is -1.87. The van der Waals surface area contributed by atoms with Crippen LogP contribution in [0.4, 0.5) is 18.3 Å². The molecule has 0 unspecified atom stereocenters. The Labute approximate surface area is 133 Å². The van der Waals surface area contributed by atoms with Gasteiger partial charge < -0.3 is 14.8 Å². The number of fused-ring (bicyclic) bond motifs is 1. The monoisotopic (exact) mass is 346 g/mol. The van der Waals surface area contributed by atoms with Gasteiger partial charge in [0, 0.05) is 25.2 Å². The molecule has 5 nitrogen and oxygen atoms in total. The van der Waals surface area contributed by atoms with Crippen molar-refractivity contribution in [1.29, 1.82) is 0 Å². The minimum atomic E-state index is -4.74. The quantitative estimate of drug-likeness (QED) is 0.923. The fourth-order valence-corrected chi connectivity index (χ4v) is 3.22. The van der Waals surface area contributed by atoms with Gasteiger partial charge in [-0.05, 0) is 25.0 Å². The van der Waals surface area contributed by atoms with Gasteiger partial charge in [0.25, 0.3) is 0 Å². The minimum absolute atomic E-state index is 0.125. The highest BCUT2D eigenvalue weighted by Gasteiger charge is 2.31. The Balaban J connectivity index is 1.73. The zero-order chi connectivity index (χ0) is 16.4. The summed E-state index contributed by atoms with van der Waals surface area (Å²) in [7, 11) is 0. The number of nitrogens with one attached hydrogen (secondary N) is 1. The summed E-state index contributed by atoms with van der Waals surface area (Å²) >= 11 is 1.11. The van der Waals surface area contributed by atoms with E-state index < -0.39 is 6.36 Å². The topological polar surface area (TPSA) is 60.5 Å². The van der Waals surface area contributed by atoms with Crippen LogP contribution < -0.4 is 10.1 Å². The molecule has 1 aliphatic heterocycles. The molecule has 1 aromatic heterocycles. The molecular formula is C14H13F3N2O3S. The predicted molar refractivity (Wildman–Crippen MR) is 78.5 cm³/mol. The maximum absolute atomic E-state index is 12.2. The molecule has 1 fully saturated rings. The van der Waals surface area contributed by atoms with Crippen LogP contribution in [-0.4, -0.2) is 30.5 Å². The van der Waals surface area contributed by atoms with Gasteiger partial charge in [0.05, 0.1) is 10.2 Å². The van der Waals surface area contributed by atoms with E-state index in [0.29, 0.717) is 41.4 Å². The van der Waals surface area contributed by atoms with E-state index in [1.54, 1.807) is 0 Å². The summed E-state index contributed by atoms with van der Waals surface area (Å²) in [5, 5.41) is 3.08. The van der Waals surface area contributed by atoms with Crippen LogP contribution in [0.2, 0.25) is 0 Å². The Morgan fingerprint density at radius 2 is 2.09 bits per heavy atom. The first kappa shape index (κ1) is 16.0. The van der Waals surface area contributed by atoms with Gasteiger partial charge in [0.2, 0.25) is 5.91 Å². The van der Waals surface area contributed by atoms with Crippen LogP contribution >= 0.6 is 11.3 Å². The van der Waals surface area contributed by atoms with Gasteiger partial charge in [-0.15, -0.1) is 13.2 Å². The van der Waals surface area contributed by atoms with Crippen LogP contribution in [0.15, 0.2) is 18.2 Å². The number of ether oxygens (including phenoxy) is 2. The van der Waals surface area contributed by atoms with Crippen LogP contribution in [0, 0.1) is 5.92 Å². The molecule has 0 aliphatic carbocycles. The highest BCUT2D eigenvalue weighted by atomic mass is 32.1. The number of anilines is 1. The summed E-state index contributed by atoms with van der Waals surface area (Å²) in [5.74, 6) is -0.574. The first-order chi connectivity index (χ1) is 10.9. The molecule has 0 bridgehead atoms. The van der Waals surface area contributed by atoms with E-state index >= 15 is 0 Å². The second-order valence-electron chi connectivity index (χ2n) is 5.07. The first-order valence-corrected chi connectivity index (χ1v) is 7.77. The standard InChI is InChI=1S/C14H13F3N2O3S/c15-14(16,17)22-9-1-2-10-11(7-9)23-13(18-10)19-12(20)8-3-5-21-6-4-8/h1-2,7-8H,3-6H2,(H,18,19,20). The number of carbonyl (C=O) groups is 1. The van der Waals surface area contributed by atoms with Crippen molar-refractivity contribution >= 4 is 32.6 Å². The number of alkyl halides is 3. The molecule has 2 heterocycles. The van der Waals surface area contributed by atoms with Crippen LogP contribution in [0.5, 0.6) is 5.75 Å². The number of hydrogen-bond donors (Lipinski definition) is 1. The number of rotatable bonds is 3. The lowest BCUT2D eigenvalue weighted by Gasteiger charge is -2.20. The average molecular weight is 346 g/mol. The zero-order valence-corrected chi connectivity index (χ0v) is 12.7. The largest absolute Gasteiger partial charge is 0.573 e. The van der Waals surface area contributed by atoms with Crippen molar-refractivity contribution in [2.24, 2.45) is 5.92 Å². The van der Waals surface area contributed by atoms with Gasteiger partial charge in [-0.3, -0.25) is 4.79 Å².